The van der Waals surface area contributed by atoms with Crippen molar-refractivity contribution in [3.8, 4) is 5.75 Å². The summed E-state index contributed by atoms with van der Waals surface area (Å²) in [6, 6.07) is 21.0. The highest BCUT2D eigenvalue weighted by molar-refractivity contribution is 7.19. The van der Waals surface area contributed by atoms with Gasteiger partial charge in [-0.1, -0.05) is 48.5 Å². The third kappa shape index (κ3) is 4.06. The van der Waals surface area contributed by atoms with Crippen LogP contribution < -0.4 is 10.1 Å². The van der Waals surface area contributed by atoms with Crippen molar-refractivity contribution < 1.29 is 19.4 Å². The lowest BCUT2D eigenvalue weighted by atomic mass is 9.47. The van der Waals surface area contributed by atoms with E-state index in [2.05, 4.69) is 23.5 Å². The van der Waals surface area contributed by atoms with E-state index >= 15 is 0 Å². The number of benzene rings is 3. The lowest BCUT2D eigenvalue weighted by molar-refractivity contribution is -0.150. The van der Waals surface area contributed by atoms with Gasteiger partial charge in [0.1, 0.15) is 18.4 Å². The number of hydrogen-bond acceptors (Lipinski definition) is 4. The molecule has 3 aromatic carbocycles. The normalized spacial score (nSPS) is 26.5. The Balaban J connectivity index is 1.20. The Hall–Kier alpha value is -3.38. The quantitative estimate of drug-likeness (QED) is 0.272. The first-order chi connectivity index (χ1) is 18.5. The summed E-state index contributed by atoms with van der Waals surface area (Å²) >= 11 is 1.68. The maximum absolute atomic E-state index is 13.8. The van der Waals surface area contributed by atoms with Gasteiger partial charge in [0, 0.05) is 20.4 Å². The van der Waals surface area contributed by atoms with Crippen molar-refractivity contribution in [2.24, 2.45) is 23.2 Å². The maximum atomic E-state index is 13.8. The number of carboxylic acid groups (broad SMARTS) is 1. The van der Waals surface area contributed by atoms with E-state index in [0.717, 1.165) is 34.9 Å². The topological polar surface area (TPSA) is 75.6 Å². The minimum atomic E-state index is -0.922. The number of carbonyl (C=O) groups excluding carboxylic acids is 1. The average Bonchev–Trinajstić information content (AvgIpc) is 3.32. The van der Waals surface area contributed by atoms with Crippen molar-refractivity contribution in [3.05, 3.63) is 77.2 Å². The van der Waals surface area contributed by atoms with Crippen LogP contribution in [-0.2, 0) is 11.4 Å². The third-order valence-corrected chi connectivity index (χ3v) is 10.3. The van der Waals surface area contributed by atoms with Crippen LogP contribution in [0.25, 0.3) is 20.9 Å². The smallest absolute Gasteiger partial charge is 0.326 e. The Kier molecular flexibility index (Phi) is 5.69. The zero-order valence-corrected chi connectivity index (χ0v) is 22.0. The van der Waals surface area contributed by atoms with E-state index in [1.165, 1.54) is 29.3 Å². The second kappa shape index (κ2) is 9.12. The van der Waals surface area contributed by atoms with E-state index in [4.69, 9.17) is 4.74 Å². The van der Waals surface area contributed by atoms with Crippen molar-refractivity contribution in [1.82, 2.24) is 5.32 Å². The fraction of sp³-hybridized carbons (Fsp3) is 0.375. The van der Waals surface area contributed by atoms with Crippen LogP contribution >= 0.6 is 11.3 Å². The molecule has 194 valence electrons. The maximum Gasteiger partial charge on any atom is 0.326 e. The molecule has 4 aromatic rings. The fourth-order valence-electron chi connectivity index (χ4n) is 8.05. The highest BCUT2D eigenvalue weighted by atomic mass is 32.1. The molecule has 4 aliphatic rings. The van der Waals surface area contributed by atoms with Crippen LogP contribution in [0, 0.1) is 23.2 Å². The van der Waals surface area contributed by atoms with E-state index in [1.807, 2.05) is 42.5 Å². The molecular weight excluding hydrogens is 494 g/mol. The van der Waals surface area contributed by atoms with Crippen LogP contribution in [0.5, 0.6) is 5.75 Å². The summed E-state index contributed by atoms with van der Waals surface area (Å²) in [5, 5.41) is 16.3. The molecule has 0 unspecified atom stereocenters. The first-order valence-electron chi connectivity index (χ1n) is 13.6. The zero-order valence-electron chi connectivity index (χ0n) is 21.2. The molecule has 6 heteroatoms. The molecule has 0 spiro atoms. The molecule has 38 heavy (non-hydrogen) atoms. The Bertz CT molecular complexity index is 1490. The van der Waals surface area contributed by atoms with Crippen LogP contribution in [-0.4, -0.2) is 23.0 Å². The van der Waals surface area contributed by atoms with E-state index in [0.29, 0.717) is 35.7 Å². The van der Waals surface area contributed by atoms with Crippen LogP contribution in [0.2, 0.25) is 0 Å². The third-order valence-electron chi connectivity index (χ3n) is 9.18. The van der Waals surface area contributed by atoms with Crippen molar-refractivity contribution in [2.45, 2.75) is 51.2 Å². The number of ether oxygens (including phenoxy) is 1. The van der Waals surface area contributed by atoms with Gasteiger partial charge in [-0.15, -0.1) is 11.3 Å². The van der Waals surface area contributed by atoms with Gasteiger partial charge in [0.05, 0.1) is 5.56 Å². The Morgan fingerprint density at radius 2 is 1.58 bits per heavy atom. The van der Waals surface area contributed by atoms with Gasteiger partial charge in [-0.2, -0.15) is 0 Å². The average molecular weight is 526 g/mol. The molecule has 2 N–H and O–H groups in total. The minimum absolute atomic E-state index is 0.338. The SMILES string of the molecule is O=C(N[C@H](C(=O)O)C12CC3CC(CC(C3)C1)C2)c1ccc2ccccc2c1OCc1cc2ccccc2s1. The molecule has 1 aromatic heterocycles. The monoisotopic (exact) mass is 525 g/mol. The number of hydrogen-bond donors (Lipinski definition) is 2. The van der Waals surface area contributed by atoms with Crippen LogP contribution in [0.3, 0.4) is 0 Å². The number of amides is 1. The molecule has 4 fully saturated rings. The number of carboxylic acids is 1. The lowest BCUT2D eigenvalue weighted by Crippen LogP contribution is -2.59. The Morgan fingerprint density at radius 1 is 0.921 bits per heavy atom. The number of rotatable bonds is 7. The highest BCUT2D eigenvalue weighted by Crippen LogP contribution is 2.61. The summed E-state index contributed by atoms with van der Waals surface area (Å²) in [5.74, 6) is 1.01. The summed E-state index contributed by atoms with van der Waals surface area (Å²) in [5.41, 5.74) is 0.0475. The molecule has 0 radical (unpaired) electrons. The standard InChI is InChI=1S/C32H31NO4S/c34-30(33-29(31(35)36)32-15-19-11-20(16-32)13-21(12-19)17-32)26-10-9-22-5-1-3-7-25(22)28(26)37-18-24-14-23-6-2-4-8-27(23)38-24/h1-10,14,19-21,29H,11-13,15-18H2,(H,33,34)(H,35,36)/t19?,20?,21?,29-,32?/m1/s1. The molecule has 4 saturated carbocycles. The fourth-order valence-corrected chi connectivity index (χ4v) is 9.02. The molecule has 1 amide bonds. The first-order valence-corrected chi connectivity index (χ1v) is 14.4. The molecule has 1 atom stereocenters. The number of fused-ring (bicyclic) bond motifs is 2. The summed E-state index contributed by atoms with van der Waals surface area (Å²) in [4.78, 5) is 27.5. The molecule has 1 heterocycles. The van der Waals surface area contributed by atoms with E-state index < -0.39 is 12.0 Å². The van der Waals surface area contributed by atoms with Gasteiger partial charge in [0.25, 0.3) is 5.91 Å². The first kappa shape index (κ1) is 23.7. The van der Waals surface area contributed by atoms with E-state index in [-0.39, 0.29) is 11.3 Å². The molecule has 5 nitrogen and oxygen atoms in total. The Morgan fingerprint density at radius 3 is 2.26 bits per heavy atom. The van der Waals surface area contributed by atoms with Crippen LogP contribution in [0.4, 0.5) is 0 Å². The van der Waals surface area contributed by atoms with Crippen molar-refractivity contribution in [1.29, 1.82) is 0 Å². The summed E-state index contributed by atoms with van der Waals surface area (Å²) in [6.07, 6.45) is 6.38. The second-order valence-electron chi connectivity index (χ2n) is 11.7. The summed E-state index contributed by atoms with van der Waals surface area (Å²) < 4.78 is 7.58. The molecule has 0 saturated heterocycles. The van der Waals surface area contributed by atoms with Gasteiger partial charge in [0.15, 0.2) is 0 Å². The predicted molar refractivity (Wildman–Crippen MR) is 150 cm³/mol. The summed E-state index contributed by atoms with van der Waals surface area (Å²) in [7, 11) is 0. The predicted octanol–water partition coefficient (Wildman–Crippen LogP) is 7.03. The number of thiophene rings is 1. The van der Waals surface area contributed by atoms with E-state index in [1.54, 1.807) is 17.4 Å². The number of aliphatic carboxylic acids is 1. The highest BCUT2D eigenvalue weighted by Gasteiger charge is 2.56. The largest absolute Gasteiger partial charge is 0.487 e. The molecular formula is C32H31NO4S. The molecule has 4 aliphatic carbocycles. The number of nitrogens with one attached hydrogen (secondary N) is 1. The molecule has 4 bridgehead atoms. The van der Waals surface area contributed by atoms with Crippen molar-refractivity contribution in [2.75, 3.05) is 0 Å². The van der Waals surface area contributed by atoms with E-state index in [9.17, 15) is 14.7 Å². The van der Waals surface area contributed by atoms with Crippen molar-refractivity contribution >= 4 is 44.1 Å². The van der Waals surface area contributed by atoms with Gasteiger partial charge >= 0.3 is 5.97 Å². The van der Waals surface area contributed by atoms with Crippen LogP contribution in [0.15, 0.2) is 66.7 Å². The lowest BCUT2D eigenvalue weighted by Gasteiger charge is -2.58. The second-order valence-corrected chi connectivity index (χ2v) is 12.9. The number of carbonyl (C=O) groups is 2. The van der Waals surface area contributed by atoms with Gasteiger partial charge in [-0.25, -0.2) is 4.79 Å². The van der Waals surface area contributed by atoms with Gasteiger partial charge in [-0.3, -0.25) is 4.79 Å². The van der Waals surface area contributed by atoms with Crippen LogP contribution in [0.1, 0.15) is 53.8 Å². The Labute approximate surface area is 225 Å². The van der Waals surface area contributed by atoms with Gasteiger partial charge in [0.2, 0.25) is 0 Å². The van der Waals surface area contributed by atoms with Gasteiger partial charge < -0.3 is 15.2 Å². The molecule has 0 aliphatic heterocycles. The van der Waals surface area contributed by atoms with Crippen molar-refractivity contribution in [3.63, 3.8) is 0 Å². The van der Waals surface area contributed by atoms with Gasteiger partial charge in [-0.05, 0) is 85.3 Å². The minimum Gasteiger partial charge on any atom is -0.487 e. The summed E-state index contributed by atoms with van der Waals surface area (Å²) in [6.45, 7) is 0.338. The zero-order chi connectivity index (χ0) is 25.9. The molecule has 8 rings (SSSR count).